The third kappa shape index (κ3) is 2.58. The molecular weight excluding hydrogens is 250 g/mol. The van der Waals surface area contributed by atoms with Crippen LogP contribution in [0.1, 0.15) is 24.1 Å². The molecule has 5 heteroatoms. The summed E-state index contributed by atoms with van der Waals surface area (Å²) >= 11 is 9.63. The van der Waals surface area contributed by atoms with Crippen molar-refractivity contribution in [2.24, 2.45) is 0 Å². The molecule has 78 valence electrons. The highest BCUT2D eigenvalue weighted by molar-refractivity contribution is 7.84. The summed E-state index contributed by atoms with van der Waals surface area (Å²) in [7, 11) is 3.46. The van der Waals surface area contributed by atoms with Gasteiger partial charge in [-0.15, -0.1) is 12.6 Å². The van der Waals surface area contributed by atoms with Gasteiger partial charge >= 0.3 is 0 Å². The van der Waals surface area contributed by atoms with Gasteiger partial charge in [-0.2, -0.15) is 0 Å². The second-order valence-corrected chi connectivity index (χ2v) is 6.91. The van der Waals surface area contributed by atoms with Gasteiger partial charge in [0.25, 0.3) is 0 Å². The van der Waals surface area contributed by atoms with Crippen LogP contribution in [0.25, 0.3) is 0 Å². The number of hydrogen-bond acceptors (Lipinski definition) is 5. The molecule has 14 heavy (non-hydrogen) atoms. The first-order valence-electron chi connectivity index (χ1n) is 4.80. The van der Waals surface area contributed by atoms with E-state index in [1.54, 1.807) is 20.7 Å². The maximum atomic E-state index is 5.18. The minimum Gasteiger partial charge on any atom is -0.298 e. The third-order valence-electron chi connectivity index (χ3n) is 2.49. The van der Waals surface area contributed by atoms with Crippen molar-refractivity contribution in [2.75, 3.05) is 13.1 Å². The molecule has 0 unspecified atom stereocenters. The van der Waals surface area contributed by atoms with Gasteiger partial charge in [-0.1, -0.05) is 39.3 Å². The van der Waals surface area contributed by atoms with E-state index in [9.17, 15) is 0 Å². The number of piperidine rings is 1. The Morgan fingerprint density at radius 2 is 1.93 bits per heavy atom. The van der Waals surface area contributed by atoms with Crippen molar-refractivity contribution in [3.05, 3.63) is 8.70 Å². The number of hydrogen-bond donors (Lipinski definition) is 1. The molecule has 1 aliphatic rings. The molecule has 0 spiro atoms. The highest BCUT2D eigenvalue weighted by atomic mass is 32.9. The molecular formula is C9H13NS4. The minimum atomic E-state index is 0.949. The molecule has 0 amide bonds. The van der Waals surface area contributed by atoms with Crippen LogP contribution in [0, 0.1) is 3.82 Å². The summed E-state index contributed by atoms with van der Waals surface area (Å²) in [6.45, 7) is 3.53. The summed E-state index contributed by atoms with van der Waals surface area (Å²) < 4.78 is 0.949. The summed E-state index contributed by atoms with van der Waals surface area (Å²) in [6, 6.07) is 0. The molecule has 0 N–H and O–H groups in total. The normalized spacial score (nSPS) is 18.6. The highest BCUT2D eigenvalue weighted by Crippen LogP contribution is 2.29. The molecule has 0 bridgehead atoms. The van der Waals surface area contributed by atoms with E-state index in [-0.39, 0.29) is 0 Å². The van der Waals surface area contributed by atoms with E-state index < -0.39 is 0 Å². The Hall–Kier alpha value is 0.580. The smallest absolute Gasteiger partial charge is 0.115 e. The minimum absolute atomic E-state index is 0.949. The lowest BCUT2D eigenvalue weighted by Gasteiger charge is -2.25. The Balaban J connectivity index is 2.02. The van der Waals surface area contributed by atoms with E-state index in [1.807, 2.05) is 0 Å². The van der Waals surface area contributed by atoms with E-state index >= 15 is 0 Å². The molecule has 1 aromatic rings. The van der Waals surface area contributed by atoms with Crippen LogP contribution in [0.4, 0.5) is 0 Å². The van der Waals surface area contributed by atoms with Crippen molar-refractivity contribution in [1.82, 2.24) is 4.90 Å². The number of thiol groups is 1. The molecule has 0 aliphatic carbocycles. The molecule has 1 saturated heterocycles. The van der Waals surface area contributed by atoms with E-state index in [4.69, 9.17) is 12.2 Å². The first-order valence-corrected chi connectivity index (χ1v) is 7.81. The summed E-state index contributed by atoms with van der Waals surface area (Å²) in [6.07, 6.45) is 4.08. The highest BCUT2D eigenvalue weighted by Gasteiger charge is 2.13. The fraction of sp³-hybridized carbons (Fsp3) is 0.667. The van der Waals surface area contributed by atoms with Crippen molar-refractivity contribution < 1.29 is 0 Å². The van der Waals surface area contributed by atoms with Crippen molar-refractivity contribution in [3.8, 4) is 0 Å². The van der Waals surface area contributed by atoms with Crippen LogP contribution in [0.2, 0.25) is 0 Å². The first kappa shape index (κ1) is 11.1. The monoisotopic (exact) mass is 263 g/mol. The van der Waals surface area contributed by atoms with Gasteiger partial charge in [-0.3, -0.25) is 4.90 Å². The van der Waals surface area contributed by atoms with Gasteiger partial charge in [-0.05, 0) is 25.9 Å². The van der Waals surface area contributed by atoms with Crippen LogP contribution in [0.5, 0.6) is 0 Å². The fourth-order valence-corrected chi connectivity index (χ4v) is 4.96. The molecule has 0 aromatic carbocycles. The Labute approximate surface area is 103 Å². The average Bonchev–Trinajstić information content (AvgIpc) is 2.52. The van der Waals surface area contributed by atoms with Gasteiger partial charge in [0.1, 0.15) is 3.82 Å². The quantitative estimate of drug-likeness (QED) is 0.491. The maximum Gasteiger partial charge on any atom is 0.115 e. The second kappa shape index (κ2) is 5.07. The summed E-state index contributed by atoms with van der Waals surface area (Å²) in [4.78, 5) is 4.90. The zero-order valence-electron chi connectivity index (χ0n) is 7.86. The van der Waals surface area contributed by atoms with E-state index in [0.717, 1.165) is 15.3 Å². The average molecular weight is 263 g/mol. The zero-order chi connectivity index (χ0) is 9.97. The largest absolute Gasteiger partial charge is 0.298 e. The molecule has 1 nitrogen and oxygen atoms in total. The molecule has 0 saturated carbocycles. The fourth-order valence-electron chi connectivity index (χ4n) is 1.70. The van der Waals surface area contributed by atoms with Crippen LogP contribution in [-0.4, -0.2) is 18.0 Å². The van der Waals surface area contributed by atoms with Crippen molar-refractivity contribution in [2.45, 2.75) is 30.7 Å². The molecule has 1 aromatic heterocycles. The third-order valence-corrected chi connectivity index (χ3v) is 6.54. The second-order valence-electron chi connectivity index (χ2n) is 3.56. The van der Waals surface area contributed by atoms with Crippen LogP contribution in [-0.2, 0) is 6.54 Å². The summed E-state index contributed by atoms with van der Waals surface area (Å²) in [5.74, 6) is 0. The molecule has 1 fully saturated rings. The van der Waals surface area contributed by atoms with Crippen molar-refractivity contribution in [3.63, 3.8) is 0 Å². The molecule has 0 atom stereocenters. The van der Waals surface area contributed by atoms with Gasteiger partial charge in [0.15, 0.2) is 0 Å². The standard InChI is InChI=1S/C9H13NS4/c11-8-7(13-14-9(8)12)6-10-4-2-1-3-5-10/h11H,1-6H2. The van der Waals surface area contributed by atoms with Crippen LogP contribution in [0.3, 0.4) is 0 Å². The maximum absolute atomic E-state index is 5.18. The van der Waals surface area contributed by atoms with Gasteiger partial charge in [-0.25, -0.2) is 0 Å². The van der Waals surface area contributed by atoms with Crippen LogP contribution < -0.4 is 0 Å². The Morgan fingerprint density at radius 3 is 2.50 bits per heavy atom. The molecule has 2 heterocycles. The van der Waals surface area contributed by atoms with Crippen LogP contribution in [0.15, 0.2) is 4.90 Å². The number of rotatable bonds is 2. The van der Waals surface area contributed by atoms with Gasteiger partial charge in [0.2, 0.25) is 0 Å². The van der Waals surface area contributed by atoms with Gasteiger partial charge in [0, 0.05) is 16.3 Å². The summed E-state index contributed by atoms with van der Waals surface area (Å²) in [5.41, 5.74) is 0. The van der Waals surface area contributed by atoms with Crippen LogP contribution >= 0.6 is 45.5 Å². The van der Waals surface area contributed by atoms with E-state index in [0.29, 0.717) is 0 Å². The molecule has 1 aliphatic heterocycles. The SMILES string of the molecule is S=c1ssc(CN2CCCCC2)c1S. The number of likely N-dealkylation sites (tertiary alicyclic amines) is 1. The predicted molar refractivity (Wildman–Crippen MR) is 69.4 cm³/mol. The summed E-state index contributed by atoms with van der Waals surface area (Å²) in [5, 5.41) is 0. The van der Waals surface area contributed by atoms with E-state index in [1.165, 1.54) is 37.2 Å². The van der Waals surface area contributed by atoms with Crippen molar-refractivity contribution >= 4 is 45.5 Å². The van der Waals surface area contributed by atoms with E-state index in [2.05, 4.69) is 17.5 Å². The lowest BCUT2D eigenvalue weighted by molar-refractivity contribution is 0.221. The molecule has 0 radical (unpaired) electrons. The van der Waals surface area contributed by atoms with Gasteiger partial charge < -0.3 is 0 Å². The predicted octanol–water partition coefficient (Wildman–Crippen LogP) is 3.81. The topological polar surface area (TPSA) is 3.24 Å². The lowest BCUT2D eigenvalue weighted by Crippen LogP contribution is -2.28. The molecule has 2 rings (SSSR count). The number of nitrogens with zero attached hydrogens (tertiary/aromatic N) is 1. The van der Waals surface area contributed by atoms with Crippen molar-refractivity contribution in [1.29, 1.82) is 0 Å². The lowest BCUT2D eigenvalue weighted by atomic mass is 10.1. The first-order chi connectivity index (χ1) is 6.77. The zero-order valence-corrected chi connectivity index (χ0v) is 11.2. The Bertz CT molecular complexity index is 348. The Morgan fingerprint density at radius 1 is 1.21 bits per heavy atom. The Kier molecular flexibility index (Phi) is 4.01. The van der Waals surface area contributed by atoms with Gasteiger partial charge in [0.05, 0.1) is 0 Å².